The van der Waals surface area contributed by atoms with Crippen molar-refractivity contribution in [2.24, 2.45) is 0 Å². The van der Waals surface area contributed by atoms with Gasteiger partial charge in [0.15, 0.2) is 0 Å². The van der Waals surface area contributed by atoms with E-state index in [-0.39, 0.29) is 23.5 Å². The first-order valence-electron chi connectivity index (χ1n) is 5.38. The van der Waals surface area contributed by atoms with Gasteiger partial charge in [0.05, 0.1) is 10.9 Å². The van der Waals surface area contributed by atoms with Crippen molar-refractivity contribution in [3.05, 3.63) is 43.0 Å². The Hall–Kier alpha value is -1.55. The zero-order valence-corrected chi connectivity index (χ0v) is 10.2. The lowest BCUT2D eigenvalue weighted by molar-refractivity contribution is -0.121. The summed E-state index contributed by atoms with van der Waals surface area (Å²) in [5.74, 6) is 0.447. The average molecular weight is 247 g/mol. The second kappa shape index (κ2) is 5.19. The highest BCUT2D eigenvalue weighted by Crippen LogP contribution is 2.29. The Kier molecular flexibility index (Phi) is 3.64. The summed E-state index contributed by atoms with van der Waals surface area (Å²) < 4.78 is 0. The van der Waals surface area contributed by atoms with Crippen molar-refractivity contribution >= 4 is 29.3 Å². The first-order valence-corrected chi connectivity index (χ1v) is 6.43. The summed E-state index contributed by atoms with van der Waals surface area (Å²) in [6, 6.07) is 9.05. The number of hydrogen-bond acceptors (Lipinski definition) is 3. The number of carbonyl (C=O) groups is 2. The molecule has 1 atom stereocenters. The van der Waals surface area contributed by atoms with Crippen LogP contribution >= 0.6 is 11.8 Å². The molecule has 1 aromatic carbocycles. The number of imide groups is 1. The standard InChI is InChI=1S/C13H13NO2S/c1-2-8-17-11-9-12(15)14(13(11)16)10-6-4-3-5-7-10/h2-7,11H,1,8-9H2. The first-order chi connectivity index (χ1) is 8.24. The van der Waals surface area contributed by atoms with Crippen LogP contribution < -0.4 is 4.90 Å². The highest BCUT2D eigenvalue weighted by molar-refractivity contribution is 8.00. The van der Waals surface area contributed by atoms with E-state index >= 15 is 0 Å². The van der Waals surface area contributed by atoms with Crippen LogP contribution in [0.3, 0.4) is 0 Å². The summed E-state index contributed by atoms with van der Waals surface area (Å²) in [6.07, 6.45) is 2.03. The fourth-order valence-electron chi connectivity index (χ4n) is 1.77. The van der Waals surface area contributed by atoms with Gasteiger partial charge in [0.25, 0.3) is 0 Å². The second-order valence-electron chi connectivity index (χ2n) is 3.72. The van der Waals surface area contributed by atoms with Crippen LogP contribution in [-0.4, -0.2) is 22.8 Å². The number of benzene rings is 1. The fourth-order valence-corrected chi connectivity index (χ4v) is 2.64. The number of anilines is 1. The molecule has 88 valence electrons. The van der Waals surface area contributed by atoms with E-state index in [0.717, 1.165) is 0 Å². The van der Waals surface area contributed by atoms with Gasteiger partial charge in [0.2, 0.25) is 11.8 Å². The Morgan fingerprint density at radius 3 is 2.71 bits per heavy atom. The predicted molar refractivity (Wildman–Crippen MR) is 70.0 cm³/mol. The van der Waals surface area contributed by atoms with Crippen LogP contribution in [-0.2, 0) is 9.59 Å². The van der Waals surface area contributed by atoms with Crippen LogP contribution in [0, 0.1) is 0 Å². The molecule has 0 N–H and O–H groups in total. The molecule has 0 aliphatic carbocycles. The van der Waals surface area contributed by atoms with Crippen LogP contribution in [0.15, 0.2) is 43.0 Å². The van der Waals surface area contributed by atoms with Gasteiger partial charge in [-0.2, -0.15) is 0 Å². The van der Waals surface area contributed by atoms with E-state index in [4.69, 9.17) is 0 Å². The number of nitrogens with zero attached hydrogens (tertiary/aromatic N) is 1. The number of amides is 2. The molecule has 1 heterocycles. The number of thioether (sulfide) groups is 1. The lowest BCUT2D eigenvalue weighted by Gasteiger charge is -2.14. The molecular weight excluding hydrogens is 234 g/mol. The number of rotatable bonds is 4. The van der Waals surface area contributed by atoms with E-state index in [1.807, 2.05) is 18.2 Å². The van der Waals surface area contributed by atoms with Crippen LogP contribution in [0.1, 0.15) is 6.42 Å². The number of carbonyl (C=O) groups excluding carboxylic acids is 2. The van der Waals surface area contributed by atoms with Gasteiger partial charge in [0.1, 0.15) is 0 Å². The van der Waals surface area contributed by atoms with Gasteiger partial charge < -0.3 is 0 Å². The Morgan fingerprint density at radius 1 is 1.35 bits per heavy atom. The largest absolute Gasteiger partial charge is 0.274 e. The molecule has 1 aliphatic heterocycles. The fraction of sp³-hybridized carbons (Fsp3) is 0.231. The van der Waals surface area contributed by atoms with E-state index < -0.39 is 0 Å². The summed E-state index contributed by atoms with van der Waals surface area (Å²) in [6.45, 7) is 3.61. The maximum Gasteiger partial charge on any atom is 0.247 e. The molecule has 17 heavy (non-hydrogen) atoms. The van der Waals surface area contributed by atoms with Crippen LogP contribution in [0.4, 0.5) is 5.69 Å². The van der Waals surface area contributed by atoms with Crippen molar-refractivity contribution in [3.8, 4) is 0 Å². The van der Waals surface area contributed by atoms with Gasteiger partial charge in [0, 0.05) is 12.2 Å². The highest BCUT2D eigenvalue weighted by Gasteiger charge is 2.39. The molecule has 1 unspecified atom stereocenters. The molecule has 0 radical (unpaired) electrons. The van der Waals surface area contributed by atoms with Gasteiger partial charge >= 0.3 is 0 Å². The summed E-state index contributed by atoms with van der Waals surface area (Å²) in [7, 11) is 0. The maximum absolute atomic E-state index is 12.1. The van der Waals surface area contributed by atoms with E-state index in [2.05, 4.69) is 6.58 Å². The van der Waals surface area contributed by atoms with Gasteiger partial charge in [-0.25, -0.2) is 4.90 Å². The van der Waals surface area contributed by atoms with E-state index in [0.29, 0.717) is 11.4 Å². The molecule has 1 aliphatic rings. The molecule has 0 aromatic heterocycles. The summed E-state index contributed by atoms with van der Waals surface area (Å²) in [5, 5.41) is -0.263. The van der Waals surface area contributed by atoms with E-state index in [9.17, 15) is 9.59 Å². The van der Waals surface area contributed by atoms with Crippen molar-refractivity contribution in [2.75, 3.05) is 10.7 Å². The van der Waals surface area contributed by atoms with Crippen molar-refractivity contribution < 1.29 is 9.59 Å². The minimum absolute atomic E-state index is 0.118. The van der Waals surface area contributed by atoms with Crippen molar-refractivity contribution in [3.63, 3.8) is 0 Å². The van der Waals surface area contributed by atoms with Crippen LogP contribution in [0.2, 0.25) is 0 Å². The average Bonchev–Trinajstić information content (AvgIpc) is 2.63. The second-order valence-corrected chi connectivity index (χ2v) is 4.95. The third kappa shape index (κ3) is 2.42. The lowest BCUT2D eigenvalue weighted by Crippen LogP contribution is -2.31. The van der Waals surface area contributed by atoms with E-state index in [1.54, 1.807) is 18.2 Å². The molecule has 3 nitrogen and oxygen atoms in total. The lowest BCUT2D eigenvalue weighted by atomic mass is 10.3. The number of para-hydroxylation sites is 1. The summed E-state index contributed by atoms with van der Waals surface area (Å²) in [5.41, 5.74) is 0.657. The van der Waals surface area contributed by atoms with Gasteiger partial charge in [-0.1, -0.05) is 24.3 Å². The quantitative estimate of drug-likeness (QED) is 0.605. The minimum Gasteiger partial charge on any atom is -0.274 e. The summed E-state index contributed by atoms with van der Waals surface area (Å²) >= 11 is 1.46. The molecule has 2 amide bonds. The SMILES string of the molecule is C=CCSC1CC(=O)N(c2ccccc2)C1=O. The molecule has 0 saturated carbocycles. The predicted octanol–water partition coefficient (Wildman–Crippen LogP) is 2.24. The molecular formula is C13H13NO2S. The molecule has 0 bridgehead atoms. The van der Waals surface area contributed by atoms with Crippen molar-refractivity contribution in [2.45, 2.75) is 11.7 Å². The molecule has 2 rings (SSSR count). The normalized spacial score (nSPS) is 19.8. The Balaban J connectivity index is 2.17. The highest BCUT2D eigenvalue weighted by atomic mass is 32.2. The molecule has 1 aromatic rings. The Morgan fingerprint density at radius 2 is 2.06 bits per heavy atom. The summed E-state index contributed by atoms with van der Waals surface area (Å²) in [4.78, 5) is 25.2. The third-order valence-electron chi connectivity index (χ3n) is 2.53. The van der Waals surface area contributed by atoms with Gasteiger partial charge in [-0.15, -0.1) is 18.3 Å². The maximum atomic E-state index is 12.1. The zero-order valence-electron chi connectivity index (χ0n) is 9.33. The van der Waals surface area contributed by atoms with Crippen LogP contribution in [0.25, 0.3) is 0 Å². The minimum atomic E-state index is -0.263. The zero-order chi connectivity index (χ0) is 12.3. The van der Waals surface area contributed by atoms with E-state index in [1.165, 1.54) is 16.7 Å². The van der Waals surface area contributed by atoms with Crippen LogP contribution in [0.5, 0.6) is 0 Å². The molecule has 4 heteroatoms. The smallest absolute Gasteiger partial charge is 0.247 e. The Bertz CT molecular complexity index is 444. The number of hydrogen-bond donors (Lipinski definition) is 0. The van der Waals surface area contributed by atoms with Crippen molar-refractivity contribution in [1.82, 2.24) is 0 Å². The Labute approximate surface area is 104 Å². The topological polar surface area (TPSA) is 37.4 Å². The van der Waals surface area contributed by atoms with Crippen molar-refractivity contribution in [1.29, 1.82) is 0 Å². The molecule has 0 spiro atoms. The van der Waals surface area contributed by atoms with Gasteiger partial charge in [-0.3, -0.25) is 9.59 Å². The van der Waals surface area contributed by atoms with Gasteiger partial charge in [-0.05, 0) is 12.1 Å². The first kappa shape index (κ1) is 11.9. The molecule has 1 saturated heterocycles. The third-order valence-corrected chi connectivity index (χ3v) is 3.73. The molecule has 1 fully saturated rings. The monoisotopic (exact) mass is 247 g/mol.